The molecule has 3 aromatic carbocycles. The summed E-state index contributed by atoms with van der Waals surface area (Å²) >= 11 is 22.8. The Morgan fingerprint density at radius 1 is 1.05 bits per heavy atom. The number of hydrogen-bond donors (Lipinski definition) is 3. The highest BCUT2D eigenvalue weighted by Gasteiger charge is 2.45. The van der Waals surface area contributed by atoms with Gasteiger partial charge in [-0.2, -0.15) is 13.2 Å². The number of benzene rings is 3. The first-order valence-corrected chi connectivity index (χ1v) is 27.6. The van der Waals surface area contributed by atoms with Crippen LogP contribution in [-0.2, 0) is 55.3 Å². The molecule has 0 aliphatic carbocycles. The number of ether oxygens (including phenoxy) is 5. The smallest absolute Gasteiger partial charge is 0.416 e. The fraction of sp³-hybridized carbons (Fsp3) is 0.460. The Hall–Kier alpha value is -5.49. The largest absolute Gasteiger partial charge is 0.480 e. The Labute approximate surface area is 468 Å². The third kappa shape index (κ3) is 21.3. The molecule has 78 heavy (non-hydrogen) atoms. The number of para-hydroxylation sites is 1. The summed E-state index contributed by atoms with van der Waals surface area (Å²) in [5, 5.41) is 19.2. The average molecular weight is 1200 g/mol. The molecule has 2 heterocycles. The van der Waals surface area contributed by atoms with Crippen LogP contribution >= 0.6 is 53.8 Å². The molecule has 28 heteroatoms. The molecule has 1 aliphatic heterocycles. The van der Waals surface area contributed by atoms with Gasteiger partial charge in [-0.25, -0.2) is 9.59 Å². The van der Waals surface area contributed by atoms with Crippen LogP contribution in [0.2, 0.25) is 5.02 Å². The predicted octanol–water partition coefficient (Wildman–Crippen LogP) is 10.7. The highest BCUT2D eigenvalue weighted by molar-refractivity contribution is 7.57. The van der Waals surface area contributed by atoms with E-state index in [1.807, 2.05) is 32.0 Å². The Balaban J connectivity index is 0.000000381. The first-order valence-electron chi connectivity index (χ1n) is 23.5. The van der Waals surface area contributed by atoms with Crippen molar-refractivity contribution in [3.05, 3.63) is 116 Å². The van der Waals surface area contributed by atoms with Gasteiger partial charge in [0.2, 0.25) is 5.91 Å². The van der Waals surface area contributed by atoms with E-state index in [1.165, 1.54) is 18.5 Å². The Morgan fingerprint density at radius 3 is 2.21 bits per heavy atom. The second-order valence-electron chi connectivity index (χ2n) is 17.4. The number of nitrogens with two attached hydrogens (primary N) is 1. The van der Waals surface area contributed by atoms with Gasteiger partial charge < -0.3 is 53.6 Å². The van der Waals surface area contributed by atoms with Crippen LogP contribution in [-0.4, -0.2) is 124 Å². The van der Waals surface area contributed by atoms with Crippen molar-refractivity contribution in [1.29, 1.82) is 0 Å². The lowest BCUT2D eigenvalue weighted by Crippen LogP contribution is -2.45. The van der Waals surface area contributed by atoms with Gasteiger partial charge in [0.15, 0.2) is 18.3 Å². The summed E-state index contributed by atoms with van der Waals surface area (Å²) in [5.74, 6) is -3.27. The molecule has 0 radical (unpaired) electrons. The van der Waals surface area contributed by atoms with Gasteiger partial charge in [0, 0.05) is 32.1 Å². The summed E-state index contributed by atoms with van der Waals surface area (Å²) in [6.45, 7) is 14.5. The standard InChI is InChI=1S/C19H15ClF3NO7.C15H22ClNO2.C11H13Cl2NO3.C5H12NO4P/c1-3-29-17(25)10(2)30-18(26)13-9-12(5-6-15(13)24(27)28)31-16-7-4-11(8-14(16)20)19(21,22)23;1-5-13-8-6-7-11(2)15(13)17(14(18)9-16)12(3)10-19-4;1-11(2)14(10(15)9(12)13)6-8(17-11)7-4-3-5-16-7;1-11(9,10)3-2-4(6)5(7)8/h4-10H,3H2,1-2H3;6-8,12H,5,9-10H2,1-4H3;3-5,8-9H,6H2,1-2H3;4H,2-3,6H2,1H3,(H,7,8)(H,9,10). The van der Waals surface area contributed by atoms with Crippen molar-refractivity contribution in [3.63, 3.8) is 0 Å². The van der Waals surface area contributed by atoms with Crippen molar-refractivity contribution in [2.24, 2.45) is 5.73 Å². The predicted molar refractivity (Wildman–Crippen MR) is 286 cm³/mol. The van der Waals surface area contributed by atoms with Gasteiger partial charge in [-0.3, -0.25) is 29.1 Å². The van der Waals surface area contributed by atoms with Crippen LogP contribution in [0.25, 0.3) is 0 Å². The number of alkyl halides is 6. The van der Waals surface area contributed by atoms with E-state index in [4.69, 9.17) is 90.2 Å². The summed E-state index contributed by atoms with van der Waals surface area (Å²) < 4.78 is 80.1. The summed E-state index contributed by atoms with van der Waals surface area (Å²) in [6.07, 6.45) is -3.77. The van der Waals surface area contributed by atoms with Crippen LogP contribution in [0.5, 0.6) is 11.5 Å². The number of hydrogen-bond acceptors (Lipinski definition) is 15. The van der Waals surface area contributed by atoms with Gasteiger partial charge in [0.25, 0.3) is 11.6 Å². The van der Waals surface area contributed by atoms with Gasteiger partial charge in [0.05, 0.1) is 53.3 Å². The van der Waals surface area contributed by atoms with Crippen LogP contribution in [0.15, 0.2) is 77.4 Å². The molecule has 4 N–H and O–H groups in total. The first kappa shape index (κ1) is 68.6. The molecule has 0 spiro atoms. The Bertz CT molecular complexity index is 2710. The van der Waals surface area contributed by atoms with E-state index in [1.54, 1.807) is 45.1 Å². The van der Waals surface area contributed by atoms with Gasteiger partial charge in [-0.05, 0) is 102 Å². The average Bonchev–Trinajstić information content (AvgIpc) is 4.02. The van der Waals surface area contributed by atoms with E-state index in [9.17, 15) is 51.8 Å². The lowest BCUT2D eigenvalue weighted by atomic mass is 10.0. The number of carboxylic acids is 1. The Kier molecular flexibility index (Phi) is 27.6. The van der Waals surface area contributed by atoms with Crippen LogP contribution in [0.4, 0.5) is 24.5 Å². The third-order valence-electron chi connectivity index (χ3n) is 10.9. The lowest BCUT2D eigenvalue weighted by molar-refractivity contribution is -0.385. The van der Waals surface area contributed by atoms with Crippen LogP contribution in [0.3, 0.4) is 0 Å². The number of carbonyl (C=O) groups is 5. The highest BCUT2D eigenvalue weighted by Crippen LogP contribution is 2.39. The highest BCUT2D eigenvalue weighted by atomic mass is 35.5. The molecule has 4 aromatic rings. The molecule has 432 valence electrons. The van der Waals surface area contributed by atoms with Gasteiger partial charge in [0.1, 0.15) is 46.6 Å². The minimum absolute atomic E-state index is 0.0223. The number of furan rings is 1. The molecule has 1 saturated heterocycles. The summed E-state index contributed by atoms with van der Waals surface area (Å²) in [6, 6.07) is 14.0. The number of rotatable bonds is 19. The minimum atomic E-state index is -4.61. The monoisotopic (exact) mass is 1200 g/mol. The molecule has 20 nitrogen and oxygen atoms in total. The van der Waals surface area contributed by atoms with E-state index >= 15 is 0 Å². The molecule has 5 unspecified atom stereocenters. The quantitative estimate of drug-likeness (QED) is 0.0259. The third-order valence-corrected chi connectivity index (χ3v) is 12.8. The number of aryl methyl sites for hydroxylation is 2. The van der Waals surface area contributed by atoms with E-state index in [0.29, 0.717) is 25.0 Å². The number of amides is 2. The number of halogens is 7. The van der Waals surface area contributed by atoms with Crippen LogP contribution in [0.1, 0.15) is 86.9 Å². The van der Waals surface area contributed by atoms with Crippen molar-refractivity contribution in [1.82, 2.24) is 4.90 Å². The van der Waals surface area contributed by atoms with Crippen molar-refractivity contribution >= 4 is 94.9 Å². The molecule has 2 amide bonds. The minimum Gasteiger partial charge on any atom is -0.480 e. The number of carbonyl (C=O) groups excluding carboxylic acids is 4. The second kappa shape index (κ2) is 31.3. The molecule has 1 aliphatic rings. The van der Waals surface area contributed by atoms with Crippen molar-refractivity contribution in [2.45, 2.75) is 102 Å². The van der Waals surface area contributed by atoms with Gasteiger partial charge in [-0.1, -0.05) is 59.9 Å². The molecule has 0 bridgehead atoms. The number of carboxylic acid groups (broad SMARTS) is 1. The zero-order chi connectivity index (χ0) is 59.5. The molecular formula is C50H62Cl4F3N4O16P. The molecule has 1 fully saturated rings. The fourth-order valence-corrected chi connectivity index (χ4v) is 8.41. The van der Waals surface area contributed by atoms with E-state index < -0.39 is 75.9 Å². The number of aliphatic carboxylic acids is 1. The first-order chi connectivity index (χ1) is 36.2. The van der Waals surface area contributed by atoms with E-state index in [0.717, 1.165) is 53.6 Å². The molecule has 5 rings (SSSR count). The Morgan fingerprint density at radius 2 is 1.71 bits per heavy atom. The van der Waals surface area contributed by atoms with Gasteiger partial charge >= 0.3 is 24.1 Å². The van der Waals surface area contributed by atoms with E-state index in [-0.39, 0.29) is 65.6 Å². The number of anilines is 1. The topological polar surface area (TPSA) is 278 Å². The van der Waals surface area contributed by atoms with Crippen molar-refractivity contribution in [2.75, 3.05) is 50.5 Å². The summed E-state index contributed by atoms with van der Waals surface area (Å²) in [7, 11) is -1.47. The van der Waals surface area contributed by atoms with Crippen molar-refractivity contribution in [3.8, 4) is 11.5 Å². The zero-order valence-corrected chi connectivity index (χ0v) is 47.8. The van der Waals surface area contributed by atoms with Crippen LogP contribution < -0.4 is 15.4 Å². The number of esters is 2. The lowest BCUT2D eigenvalue weighted by Gasteiger charge is -2.31. The number of nitro benzene ring substituents is 1. The fourth-order valence-electron chi connectivity index (χ4n) is 7.07. The molecule has 5 atom stereocenters. The SMILES string of the molecule is CC1(C)OC(c2ccco2)CN1C(=O)C(Cl)Cl.CCOC(=O)C(C)OC(=O)c1cc(Oc2ccc(C(F)(F)F)cc2Cl)ccc1[N+](=O)[O-].CCc1cccc(C)c1N(C(=O)CCl)C(C)COC.CP(=O)(O)CCC(N)C(=O)O. The maximum atomic E-state index is 12.8. The number of methoxy groups -OCH3 is 1. The maximum Gasteiger partial charge on any atom is 0.416 e. The normalized spacial score (nSPS) is 15.5. The van der Waals surface area contributed by atoms with E-state index in [2.05, 4.69) is 13.0 Å². The molecule has 1 aromatic heterocycles. The molecular weight excluding hydrogens is 1140 g/mol. The summed E-state index contributed by atoms with van der Waals surface area (Å²) in [4.78, 5) is 79.5. The second-order valence-corrected chi connectivity index (χ2v) is 21.8. The zero-order valence-electron chi connectivity index (χ0n) is 43.9. The number of nitro groups is 1. The van der Waals surface area contributed by atoms with Gasteiger partial charge in [-0.15, -0.1) is 11.6 Å². The number of nitrogens with zero attached hydrogens (tertiary/aromatic N) is 3. The molecule has 0 saturated carbocycles. The summed E-state index contributed by atoms with van der Waals surface area (Å²) in [5.41, 5.74) is 5.40. The maximum absolute atomic E-state index is 12.8. The van der Waals surface area contributed by atoms with Crippen molar-refractivity contribution < 1.29 is 84.7 Å². The van der Waals surface area contributed by atoms with Crippen LogP contribution in [0, 0.1) is 17.0 Å².